The highest BCUT2D eigenvalue weighted by Gasteiger charge is 2.24. The van der Waals surface area contributed by atoms with Gasteiger partial charge in [-0.3, -0.25) is 5.10 Å². The van der Waals surface area contributed by atoms with Crippen molar-refractivity contribution in [2.75, 3.05) is 13.7 Å². The third kappa shape index (κ3) is 3.47. The number of halogens is 1. The molecule has 1 aliphatic carbocycles. The number of fused-ring (bicyclic) bond motifs is 1. The van der Waals surface area contributed by atoms with Crippen LogP contribution >= 0.6 is 12.4 Å². The monoisotopic (exact) mass is 325 g/mol. The molecule has 2 atom stereocenters. The number of aromatic nitrogens is 2. The van der Waals surface area contributed by atoms with E-state index in [2.05, 4.69) is 22.4 Å². The Morgan fingerprint density at radius 3 is 3.00 bits per heavy atom. The average molecular weight is 326 g/mol. The van der Waals surface area contributed by atoms with Crippen molar-refractivity contribution in [2.24, 2.45) is 0 Å². The fourth-order valence-corrected chi connectivity index (χ4v) is 3.18. The van der Waals surface area contributed by atoms with E-state index in [0.717, 1.165) is 41.8 Å². The number of benzene rings is 1. The summed E-state index contributed by atoms with van der Waals surface area (Å²) in [6, 6.07) is 4.53. The molecule has 2 N–H and O–H groups in total. The van der Waals surface area contributed by atoms with Crippen molar-refractivity contribution >= 4 is 23.3 Å². The molecule has 0 radical (unpaired) electrons. The van der Waals surface area contributed by atoms with Gasteiger partial charge in [-0.05, 0) is 44.4 Å². The van der Waals surface area contributed by atoms with Crippen LogP contribution in [0.5, 0.6) is 11.5 Å². The minimum absolute atomic E-state index is 0. The maximum atomic E-state index is 6.22. The molecule has 1 aliphatic rings. The smallest absolute Gasteiger partial charge is 0.171 e. The van der Waals surface area contributed by atoms with E-state index in [1.807, 2.05) is 12.1 Å². The molecule has 122 valence electrons. The highest BCUT2D eigenvalue weighted by atomic mass is 35.5. The molecule has 5 nitrogen and oxygen atoms in total. The summed E-state index contributed by atoms with van der Waals surface area (Å²) in [4.78, 5) is 0. The second kappa shape index (κ2) is 7.70. The second-order valence-corrected chi connectivity index (χ2v) is 5.59. The zero-order valence-corrected chi connectivity index (χ0v) is 13.9. The summed E-state index contributed by atoms with van der Waals surface area (Å²) in [6.07, 6.45) is 6.64. The number of ether oxygens (including phenoxy) is 2. The predicted molar refractivity (Wildman–Crippen MR) is 90.2 cm³/mol. The predicted octanol–water partition coefficient (Wildman–Crippen LogP) is 3.29. The van der Waals surface area contributed by atoms with E-state index >= 15 is 0 Å². The van der Waals surface area contributed by atoms with E-state index < -0.39 is 0 Å². The molecule has 1 fully saturated rings. The summed E-state index contributed by atoms with van der Waals surface area (Å²) >= 11 is 0. The van der Waals surface area contributed by atoms with Crippen LogP contribution in [-0.2, 0) is 0 Å². The lowest BCUT2D eigenvalue weighted by Crippen LogP contribution is -2.37. The Kier molecular flexibility index (Phi) is 5.91. The summed E-state index contributed by atoms with van der Waals surface area (Å²) in [7, 11) is 1.68. The zero-order valence-electron chi connectivity index (χ0n) is 13.1. The second-order valence-electron chi connectivity index (χ2n) is 5.59. The van der Waals surface area contributed by atoms with Crippen LogP contribution in [0.25, 0.3) is 10.9 Å². The van der Waals surface area contributed by atoms with Crippen LogP contribution in [0.4, 0.5) is 0 Å². The summed E-state index contributed by atoms with van der Waals surface area (Å²) in [5.41, 5.74) is 0.966. The number of methoxy groups -OCH3 is 1. The van der Waals surface area contributed by atoms with E-state index in [-0.39, 0.29) is 18.5 Å². The summed E-state index contributed by atoms with van der Waals surface area (Å²) < 4.78 is 11.8. The summed E-state index contributed by atoms with van der Waals surface area (Å²) in [5, 5.41) is 11.5. The molecule has 6 heteroatoms. The molecule has 1 heterocycles. The van der Waals surface area contributed by atoms with E-state index in [4.69, 9.17) is 9.47 Å². The normalized spacial score (nSPS) is 21.4. The number of nitrogens with zero attached hydrogens (tertiary/aromatic N) is 1. The van der Waals surface area contributed by atoms with Gasteiger partial charge >= 0.3 is 0 Å². The Bertz CT molecular complexity index is 600. The van der Waals surface area contributed by atoms with Crippen molar-refractivity contribution in [3.8, 4) is 11.5 Å². The molecular formula is C16H24ClN3O2. The Morgan fingerprint density at radius 1 is 1.36 bits per heavy atom. The van der Waals surface area contributed by atoms with Crippen LogP contribution < -0.4 is 14.8 Å². The summed E-state index contributed by atoms with van der Waals surface area (Å²) in [5.74, 6) is 1.58. The molecule has 0 amide bonds. The minimum atomic E-state index is 0. The third-order valence-electron chi connectivity index (χ3n) is 4.16. The maximum Gasteiger partial charge on any atom is 0.171 e. The number of H-pyrrole nitrogens is 1. The van der Waals surface area contributed by atoms with Gasteiger partial charge in [0.15, 0.2) is 11.5 Å². The molecule has 2 aromatic rings. The highest BCUT2D eigenvalue weighted by Crippen LogP contribution is 2.36. The number of nitrogens with one attached hydrogen (secondary N) is 2. The molecule has 0 aliphatic heterocycles. The van der Waals surface area contributed by atoms with E-state index in [1.165, 1.54) is 12.8 Å². The van der Waals surface area contributed by atoms with Crippen molar-refractivity contribution in [3.63, 3.8) is 0 Å². The molecule has 0 spiro atoms. The Hall–Kier alpha value is -1.46. The van der Waals surface area contributed by atoms with Crippen LogP contribution in [-0.4, -0.2) is 36.0 Å². The van der Waals surface area contributed by atoms with E-state index in [0.29, 0.717) is 6.04 Å². The number of rotatable bonds is 5. The lowest BCUT2D eigenvalue weighted by Gasteiger charge is -2.30. The fraction of sp³-hybridized carbons (Fsp3) is 0.562. The van der Waals surface area contributed by atoms with Gasteiger partial charge in [-0.1, -0.05) is 6.92 Å². The number of aromatic amines is 1. The lowest BCUT2D eigenvalue weighted by molar-refractivity contribution is 0.131. The first-order chi connectivity index (χ1) is 10.3. The topological polar surface area (TPSA) is 59.2 Å². The first-order valence-corrected chi connectivity index (χ1v) is 7.72. The number of hydrogen-bond acceptors (Lipinski definition) is 4. The zero-order chi connectivity index (χ0) is 14.7. The fourth-order valence-electron chi connectivity index (χ4n) is 3.18. The highest BCUT2D eigenvalue weighted by molar-refractivity contribution is 5.87. The van der Waals surface area contributed by atoms with Crippen LogP contribution in [0, 0.1) is 0 Å². The molecule has 0 unspecified atom stereocenters. The molecule has 3 rings (SSSR count). The molecule has 0 saturated heterocycles. The van der Waals surface area contributed by atoms with Crippen molar-refractivity contribution in [1.29, 1.82) is 0 Å². The first-order valence-electron chi connectivity index (χ1n) is 7.72. The molecule has 1 aromatic heterocycles. The van der Waals surface area contributed by atoms with Crippen molar-refractivity contribution in [3.05, 3.63) is 18.3 Å². The summed E-state index contributed by atoms with van der Waals surface area (Å²) in [6.45, 7) is 3.17. The molecule has 1 saturated carbocycles. The first kappa shape index (κ1) is 16.9. The van der Waals surface area contributed by atoms with Crippen molar-refractivity contribution in [1.82, 2.24) is 15.5 Å². The van der Waals surface area contributed by atoms with Gasteiger partial charge in [0.2, 0.25) is 0 Å². The quantitative estimate of drug-likeness (QED) is 0.885. The van der Waals surface area contributed by atoms with Crippen molar-refractivity contribution < 1.29 is 9.47 Å². The third-order valence-corrected chi connectivity index (χ3v) is 4.16. The molecule has 1 aromatic carbocycles. The van der Waals surface area contributed by atoms with E-state index in [1.54, 1.807) is 13.3 Å². The van der Waals surface area contributed by atoms with Crippen LogP contribution in [0.15, 0.2) is 18.3 Å². The molecule has 0 bridgehead atoms. The molecular weight excluding hydrogens is 302 g/mol. The van der Waals surface area contributed by atoms with Crippen molar-refractivity contribution in [2.45, 2.75) is 44.8 Å². The Labute approximate surface area is 137 Å². The number of hydrogen-bond donors (Lipinski definition) is 2. The Balaban J connectivity index is 0.00000176. The van der Waals surface area contributed by atoms with Gasteiger partial charge in [0.1, 0.15) is 6.10 Å². The van der Waals surface area contributed by atoms with Gasteiger partial charge in [-0.15, -0.1) is 12.4 Å². The SMILES string of the molecule is CCN[C@H]1CCC[C@@H](Oc2ccc3[nH]ncc3c2OC)C1.Cl. The van der Waals surface area contributed by atoms with E-state index in [9.17, 15) is 0 Å². The van der Waals surface area contributed by atoms with Gasteiger partial charge in [0.05, 0.1) is 24.2 Å². The van der Waals surface area contributed by atoms with Crippen LogP contribution in [0.1, 0.15) is 32.6 Å². The standard InChI is InChI=1S/C16H23N3O2.ClH/c1-3-17-11-5-4-6-12(9-11)21-15-8-7-14-13(10-18-19-14)16(15)20-2;/h7-8,10-12,17H,3-6,9H2,1-2H3,(H,18,19);1H/t11-,12+;/m0./s1. The minimum Gasteiger partial charge on any atom is -0.492 e. The van der Waals surface area contributed by atoms with Gasteiger partial charge in [-0.25, -0.2) is 0 Å². The molecule has 22 heavy (non-hydrogen) atoms. The lowest BCUT2D eigenvalue weighted by atomic mass is 9.93. The average Bonchev–Trinajstić information content (AvgIpc) is 2.96. The Morgan fingerprint density at radius 2 is 2.23 bits per heavy atom. The maximum absolute atomic E-state index is 6.22. The van der Waals surface area contributed by atoms with Gasteiger partial charge in [0, 0.05) is 6.04 Å². The largest absolute Gasteiger partial charge is 0.492 e. The van der Waals surface area contributed by atoms with Crippen LogP contribution in [0.3, 0.4) is 0 Å². The van der Waals surface area contributed by atoms with Crippen LogP contribution in [0.2, 0.25) is 0 Å². The van der Waals surface area contributed by atoms with Gasteiger partial charge in [-0.2, -0.15) is 5.10 Å². The van der Waals surface area contributed by atoms with Gasteiger partial charge < -0.3 is 14.8 Å². The van der Waals surface area contributed by atoms with Gasteiger partial charge in [0.25, 0.3) is 0 Å².